The van der Waals surface area contributed by atoms with E-state index in [0.29, 0.717) is 0 Å². The minimum absolute atomic E-state index is 1.04. The van der Waals surface area contributed by atoms with Gasteiger partial charge in [0.2, 0.25) is 0 Å². The fourth-order valence-electron chi connectivity index (χ4n) is 2.18. The fourth-order valence-corrected chi connectivity index (χ4v) is 16.6. The molecule has 0 spiro atoms. The molecule has 17 heavy (non-hydrogen) atoms. The Labute approximate surface area is 108 Å². The van der Waals surface area contributed by atoms with E-state index < -0.39 is 28.8 Å². The molecule has 5 rings (SSSR count). The van der Waals surface area contributed by atoms with Gasteiger partial charge in [-0.3, -0.25) is 0 Å². The van der Waals surface area contributed by atoms with Crippen LogP contribution in [0.15, 0.2) is 60.7 Å². The summed E-state index contributed by atoms with van der Waals surface area (Å²) in [5, 5.41) is 2.08. The van der Waals surface area contributed by atoms with Crippen LogP contribution < -0.4 is 10.6 Å². The van der Waals surface area contributed by atoms with Crippen molar-refractivity contribution in [1.29, 1.82) is 0 Å². The fraction of sp³-hybridized carbons (Fsp3) is 0. The molecule has 3 heterocycles. The van der Waals surface area contributed by atoms with E-state index in [2.05, 4.69) is 0 Å². The molecule has 3 fully saturated rings. The molecule has 0 N–H and O–H groups in total. The molecule has 5 heteroatoms. The van der Waals surface area contributed by atoms with E-state index in [1.807, 2.05) is 60.7 Å². The van der Waals surface area contributed by atoms with Crippen LogP contribution in [0.5, 0.6) is 0 Å². The summed E-state index contributed by atoms with van der Waals surface area (Å²) in [7, 11) is -3.05. The summed E-state index contributed by atoms with van der Waals surface area (Å²) in [6.45, 7) is 0. The first-order chi connectivity index (χ1) is 8.32. The summed E-state index contributed by atoms with van der Waals surface area (Å²) >= 11 is -2.15. The molecule has 0 unspecified atom stereocenters. The van der Waals surface area contributed by atoms with Crippen LogP contribution in [0.2, 0.25) is 0 Å². The molecule has 0 atom stereocenters. The average molecular weight is 355 g/mol. The van der Waals surface area contributed by atoms with Crippen LogP contribution in [0.4, 0.5) is 0 Å². The third kappa shape index (κ3) is 1.17. The molecule has 3 nitrogen and oxygen atoms in total. The molecule has 3 aliphatic heterocycles. The van der Waals surface area contributed by atoms with Crippen molar-refractivity contribution < 1.29 is 8.41 Å². The van der Waals surface area contributed by atoms with Gasteiger partial charge in [-0.25, -0.2) is 0 Å². The van der Waals surface area contributed by atoms with Crippen molar-refractivity contribution in [3.63, 3.8) is 0 Å². The van der Waals surface area contributed by atoms with Gasteiger partial charge in [0.15, 0.2) is 0 Å². The minimum atomic E-state index is -3.05. The van der Waals surface area contributed by atoms with E-state index in [-0.39, 0.29) is 0 Å². The first-order valence-electron chi connectivity index (χ1n) is 5.36. The Balaban J connectivity index is 1.94. The molecule has 0 amide bonds. The number of benzene rings is 2. The van der Waals surface area contributed by atoms with Crippen LogP contribution in [-0.2, 0) is 8.41 Å². The van der Waals surface area contributed by atoms with Crippen molar-refractivity contribution in [1.82, 2.24) is 0 Å². The predicted molar refractivity (Wildman–Crippen MR) is 68.1 cm³/mol. The molecule has 2 aromatic carbocycles. The average Bonchev–Trinajstić information content (AvgIpc) is 2.29. The van der Waals surface area contributed by atoms with Gasteiger partial charge in [-0.15, -0.1) is 0 Å². The van der Waals surface area contributed by atoms with Crippen molar-refractivity contribution in [3.8, 4) is 0 Å². The van der Waals surface area contributed by atoms with Gasteiger partial charge in [0.1, 0.15) is 0 Å². The van der Waals surface area contributed by atoms with Crippen molar-refractivity contribution in [3.05, 3.63) is 60.7 Å². The van der Waals surface area contributed by atoms with Gasteiger partial charge in [-0.1, -0.05) is 0 Å². The second kappa shape index (κ2) is 3.32. The first kappa shape index (κ1) is 10.5. The summed E-state index contributed by atoms with van der Waals surface area (Å²) in [5.74, 6) is 0. The summed E-state index contributed by atoms with van der Waals surface area (Å²) < 4.78 is 18.1. The molecule has 2 aromatic rings. The molecule has 3 aliphatic rings. The van der Waals surface area contributed by atoms with Crippen molar-refractivity contribution in [2.45, 2.75) is 0 Å². The number of hydrogen-bond acceptors (Lipinski definition) is 3. The van der Waals surface area contributed by atoms with Crippen molar-refractivity contribution >= 4 is 39.4 Å². The molecular formula is C12H10O3PSb. The summed E-state index contributed by atoms with van der Waals surface area (Å²) in [6, 6.07) is 20.1. The monoisotopic (exact) mass is 354 g/mol. The number of rotatable bonds is 2. The molecule has 0 saturated carbocycles. The SMILES string of the molecule is c1ccc(P23(c4ccccc4)[O][Sb]([O]2)[O]3)cc1. The summed E-state index contributed by atoms with van der Waals surface area (Å²) in [4.78, 5) is 0. The quantitative estimate of drug-likeness (QED) is 0.610. The van der Waals surface area contributed by atoms with Crippen molar-refractivity contribution in [2.24, 2.45) is 0 Å². The molecule has 0 radical (unpaired) electrons. The van der Waals surface area contributed by atoms with E-state index in [1.165, 1.54) is 0 Å². The Morgan fingerprint density at radius 3 is 1.35 bits per heavy atom. The molecular weight excluding hydrogens is 345 g/mol. The maximum absolute atomic E-state index is 6.04. The summed E-state index contributed by atoms with van der Waals surface area (Å²) in [5.41, 5.74) is 0. The molecule has 2 bridgehead atoms. The van der Waals surface area contributed by atoms with Crippen LogP contribution in [-0.4, -0.2) is 21.5 Å². The second-order valence-corrected chi connectivity index (χ2v) is 12.8. The normalized spacial score (nSPS) is 26.0. The standard InChI is InChI=1S/C12H10O3P.Sb/c13-16(14,15,11-7-3-1-4-8-11)12-9-5-2-6-10-12;/h1-10H;/q-3;+3. The van der Waals surface area contributed by atoms with Crippen LogP contribution >= 0.6 is 7.28 Å². The van der Waals surface area contributed by atoms with E-state index in [9.17, 15) is 0 Å². The van der Waals surface area contributed by atoms with Gasteiger partial charge in [0.25, 0.3) is 0 Å². The molecule has 86 valence electrons. The van der Waals surface area contributed by atoms with E-state index in [0.717, 1.165) is 10.6 Å². The molecule has 3 saturated heterocycles. The zero-order chi connectivity index (χ0) is 11.4. The van der Waals surface area contributed by atoms with E-state index in [4.69, 9.17) is 8.41 Å². The zero-order valence-corrected chi connectivity index (χ0v) is 12.3. The maximum atomic E-state index is 6.04. The second-order valence-electron chi connectivity index (χ2n) is 4.02. The summed E-state index contributed by atoms with van der Waals surface area (Å²) in [6.07, 6.45) is 0. The van der Waals surface area contributed by atoms with Crippen LogP contribution in [0.25, 0.3) is 0 Å². The Morgan fingerprint density at radius 1 is 0.647 bits per heavy atom. The van der Waals surface area contributed by atoms with Gasteiger partial charge < -0.3 is 0 Å². The Bertz CT molecular complexity index is 512. The first-order valence-corrected chi connectivity index (χ1v) is 10.5. The molecule has 0 aromatic heterocycles. The van der Waals surface area contributed by atoms with E-state index >= 15 is 0 Å². The topological polar surface area (TPSA) is 27.7 Å². The van der Waals surface area contributed by atoms with Gasteiger partial charge in [-0.2, -0.15) is 0 Å². The van der Waals surface area contributed by atoms with E-state index in [1.54, 1.807) is 0 Å². The van der Waals surface area contributed by atoms with Gasteiger partial charge in [-0.05, 0) is 0 Å². The van der Waals surface area contributed by atoms with Crippen LogP contribution in [0.3, 0.4) is 0 Å². The zero-order valence-electron chi connectivity index (χ0n) is 8.89. The predicted octanol–water partition coefficient (Wildman–Crippen LogP) is 2.00. The van der Waals surface area contributed by atoms with Gasteiger partial charge in [0, 0.05) is 0 Å². The third-order valence-electron chi connectivity index (χ3n) is 3.05. The third-order valence-corrected chi connectivity index (χ3v) is 17.8. The van der Waals surface area contributed by atoms with Crippen LogP contribution in [0, 0.1) is 0 Å². The van der Waals surface area contributed by atoms with Crippen molar-refractivity contribution in [2.75, 3.05) is 0 Å². The molecule has 0 aliphatic carbocycles. The number of hydrogen-bond donors (Lipinski definition) is 0. The Kier molecular flexibility index (Phi) is 2.05. The van der Waals surface area contributed by atoms with Crippen LogP contribution in [0.1, 0.15) is 0 Å². The van der Waals surface area contributed by atoms with Gasteiger partial charge in [0.05, 0.1) is 0 Å². The van der Waals surface area contributed by atoms with Gasteiger partial charge >= 0.3 is 108 Å². The Hall–Kier alpha value is -0.432. The Morgan fingerprint density at radius 2 is 1.06 bits per heavy atom.